The Bertz CT molecular complexity index is 1170. The molecule has 0 fully saturated rings. The van der Waals surface area contributed by atoms with Gasteiger partial charge in [0.15, 0.2) is 0 Å². The number of fused-ring (bicyclic) bond motifs is 2. The van der Waals surface area contributed by atoms with Gasteiger partial charge in [-0.3, -0.25) is 20.4 Å². The number of hydrazine groups is 1. The molecule has 28 heavy (non-hydrogen) atoms. The Kier molecular flexibility index (Phi) is 4.76. The molecular weight excluding hydrogens is 352 g/mol. The van der Waals surface area contributed by atoms with Crippen LogP contribution in [0, 0.1) is 6.92 Å². The number of para-hydroxylation sites is 2. The van der Waals surface area contributed by atoms with E-state index in [0.717, 1.165) is 33.2 Å². The molecule has 4 aromatic rings. The molecule has 6 nitrogen and oxygen atoms in total. The minimum absolute atomic E-state index is 0.0842. The van der Waals surface area contributed by atoms with Crippen LogP contribution in [0.4, 0.5) is 0 Å². The third-order valence-electron chi connectivity index (χ3n) is 4.72. The molecule has 0 atom stereocenters. The number of carbonyl (C=O) groups excluding carboxylic acids is 2. The summed E-state index contributed by atoms with van der Waals surface area (Å²) in [7, 11) is 0. The maximum absolute atomic E-state index is 12.3. The first kappa shape index (κ1) is 17.7. The first-order chi connectivity index (χ1) is 13.6. The zero-order valence-corrected chi connectivity index (χ0v) is 15.5. The van der Waals surface area contributed by atoms with E-state index in [4.69, 9.17) is 0 Å². The molecule has 0 spiro atoms. The van der Waals surface area contributed by atoms with Crippen molar-refractivity contribution < 1.29 is 9.59 Å². The molecule has 140 valence electrons. The predicted molar refractivity (Wildman–Crippen MR) is 108 cm³/mol. The number of aromatic nitrogens is 2. The fraction of sp³-hybridized carbons (Fsp3) is 0.136. The molecule has 0 aliphatic carbocycles. The third kappa shape index (κ3) is 3.57. The van der Waals surface area contributed by atoms with Crippen LogP contribution in [0.2, 0.25) is 0 Å². The first-order valence-corrected chi connectivity index (χ1v) is 9.08. The Morgan fingerprint density at radius 2 is 1.61 bits per heavy atom. The standard InChI is InChI=1S/C22H20N4O2/c1-15-23-19-11-4-5-12-20(19)26(15)14-22(28)25-24-21(27)13-17-9-6-8-16-7-2-3-10-18(16)17/h2-12H,13-14H2,1H3,(H,24,27)(H,25,28). The first-order valence-electron chi connectivity index (χ1n) is 9.08. The van der Waals surface area contributed by atoms with Crippen molar-refractivity contribution in [3.05, 3.63) is 78.1 Å². The van der Waals surface area contributed by atoms with E-state index in [2.05, 4.69) is 15.8 Å². The van der Waals surface area contributed by atoms with Gasteiger partial charge in [0.2, 0.25) is 5.91 Å². The van der Waals surface area contributed by atoms with Crippen LogP contribution in [0.3, 0.4) is 0 Å². The van der Waals surface area contributed by atoms with Crippen LogP contribution in [0.15, 0.2) is 66.7 Å². The van der Waals surface area contributed by atoms with Gasteiger partial charge in [-0.05, 0) is 35.4 Å². The molecule has 0 saturated heterocycles. The zero-order chi connectivity index (χ0) is 19.5. The van der Waals surface area contributed by atoms with E-state index in [-0.39, 0.29) is 24.8 Å². The van der Waals surface area contributed by atoms with Crippen molar-refractivity contribution in [2.24, 2.45) is 0 Å². The summed E-state index contributed by atoms with van der Waals surface area (Å²) in [5.41, 5.74) is 7.64. The molecule has 0 unspecified atom stereocenters. The highest BCUT2D eigenvalue weighted by molar-refractivity contribution is 5.91. The molecule has 6 heteroatoms. The minimum atomic E-state index is -0.308. The summed E-state index contributed by atoms with van der Waals surface area (Å²) in [6, 6.07) is 21.4. The molecule has 1 aromatic heterocycles. The van der Waals surface area contributed by atoms with Crippen LogP contribution in [0.5, 0.6) is 0 Å². The molecule has 0 aliphatic heterocycles. The number of nitrogens with zero attached hydrogens (tertiary/aromatic N) is 2. The lowest BCUT2D eigenvalue weighted by atomic mass is 10.0. The van der Waals surface area contributed by atoms with E-state index in [1.54, 1.807) is 0 Å². The van der Waals surface area contributed by atoms with E-state index in [1.165, 1.54) is 0 Å². The smallest absolute Gasteiger partial charge is 0.258 e. The van der Waals surface area contributed by atoms with Crippen LogP contribution < -0.4 is 10.9 Å². The normalized spacial score (nSPS) is 10.9. The quantitative estimate of drug-likeness (QED) is 0.541. The fourth-order valence-electron chi connectivity index (χ4n) is 3.38. The molecule has 0 radical (unpaired) electrons. The fourth-order valence-corrected chi connectivity index (χ4v) is 3.38. The zero-order valence-electron chi connectivity index (χ0n) is 15.5. The van der Waals surface area contributed by atoms with Crippen LogP contribution >= 0.6 is 0 Å². The van der Waals surface area contributed by atoms with Gasteiger partial charge < -0.3 is 4.57 Å². The third-order valence-corrected chi connectivity index (χ3v) is 4.72. The Hall–Kier alpha value is -3.67. The number of rotatable bonds is 4. The number of imidazole rings is 1. The summed E-state index contributed by atoms with van der Waals surface area (Å²) in [6.45, 7) is 1.94. The summed E-state index contributed by atoms with van der Waals surface area (Å²) >= 11 is 0. The SMILES string of the molecule is Cc1nc2ccccc2n1CC(=O)NNC(=O)Cc1cccc2ccccc12. The van der Waals surface area contributed by atoms with Crippen molar-refractivity contribution in [2.45, 2.75) is 19.9 Å². The lowest BCUT2D eigenvalue weighted by Crippen LogP contribution is -2.43. The van der Waals surface area contributed by atoms with Gasteiger partial charge in [-0.2, -0.15) is 0 Å². The second kappa shape index (κ2) is 7.52. The van der Waals surface area contributed by atoms with Crippen molar-refractivity contribution in [1.82, 2.24) is 20.4 Å². The van der Waals surface area contributed by atoms with Crippen LogP contribution in [-0.4, -0.2) is 21.4 Å². The molecule has 1 heterocycles. The van der Waals surface area contributed by atoms with Crippen molar-refractivity contribution in [2.75, 3.05) is 0 Å². The lowest BCUT2D eigenvalue weighted by molar-refractivity contribution is -0.128. The summed E-state index contributed by atoms with van der Waals surface area (Å²) < 4.78 is 1.82. The second-order valence-corrected chi connectivity index (χ2v) is 6.65. The van der Waals surface area contributed by atoms with Gasteiger partial charge in [0.25, 0.3) is 5.91 Å². The number of hydrogen-bond donors (Lipinski definition) is 2. The molecule has 0 aliphatic rings. The Labute approximate surface area is 162 Å². The van der Waals surface area contributed by atoms with Gasteiger partial charge in [0, 0.05) is 0 Å². The highest BCUT2D eigenvalue weighted by Crippen LogP contribution is 2.19. The number of aryl methyl sites for hydroxylation is 1. The molecular formula is C22H20N4O2. The molecule has 2 amide bonds. The van der Waals surface area contributed by atoms with Crippen molar-refractivity contribution in [3.63, 3.8) is 0 Å². The number of carbonyl (C=O) groups is 2. The van der Waals surface area contributed by atoms with E-state index >= 15 is 0 Å². The monoisotopic (exact) mass is 372 g/mol. The number of benzene rings is 3. The molecule has 3 aromatic carbocycles. The summed E-state index contributed by atoms with van der Waals surface area (Å²) in [5.74, 6) is 0.174. The van der Waals surface area contributed by atoms with Gasteiger partial charge in [0.05, 0.1) is 17.5 Å². The van der Waals surface area contributed by atoms with Crippen LogP contribution in [0.25, 0.3) is 21.8 Å². The molecule has 0 saturated carbocycles. The maximum Gasteiger partial charge on any atom is 0.258 e. The van der Waals surface area contributed by atoms with E-state index < -0.39 is 0 Å². The molecule has 0 bridgehead atoms. The summed E-state index contributed by atoms with van der Waals surface area (Å²) in [5, 5.41) is 2.12. The van der Waals surface area contributed by atoms with Crippen molar-refractivity contribution in [3.8, 4) is 0 Å². The molecule has 4 rings (SSSR count). The summed E-state index contributed by atoms with van der Waals surface area (Å²) in [6.07, 6.45) is 0.189. The minimum Gasteiger partial charge on any atom is -0.319 e. The number of nitrogens with one attached hydrogen (secondary N) is 2. The van der Waals surface area contributed by atoms with Crippen LogP contribution in [0.1, 0.15) is 11.4 Å². The Morgan fingerprint density at radius 1 is 0.893 bits per heavy atom. The highest BCUT2D eigenvalue weighted by Gasteiger charge is 2.12. The Morgan fingerprint density at radius 3 is 2.50 bits per heavy atom. The number of amides is 2. The van der Waals surface area contributed by atoms with E-state index in [1.807, 2.05) is 78.2 Å². The second-order valence-electron chi connectivity index (χ2n) is 6.65. The highest BCUT2D eigenvalue weighted by atomic mass is 16.2. The topological polar surface area (TPSA) is 76.0 Å². The molecule has 2 N–H and O–H groups in total. The van der Waals surface area contributed by atoms with Crippen LogP contribution in [-0.2, 0) is 22.6 Å². The Balaban J connectivity index is 1.39. The average Bonchev–Trinajstić information content (AvgIpc) is 3.02. The predicted octanol–water partition coefficient (Wildman–Crippen LogP) is 2.89. The average molecular weight is 372 g/mol. The van der Waals surface area contributed by atoms with Gasteiger partial charge in [-0.1, -0.05) is 54.6 Å². The van der Waals surface area contributed by atoms with E-state index in [0.29, 0.717) is 0 Å². The van der Waals surface area contributed by atoms with E-state index in [9.17, 15) is 9.59 Å². The maximum atomic E-state index is 12.3. The lowest BCUT2D eigenvalue weighted by Gasteiger charge is -2.10. The van der Waals surface area contributed by atoms with Gasteiger partial charge in [-0.15, -0.1) is 0 Å². The van der Waals surface area contributed by atoms with Gasteiger partial charge >= 0.3 is 0 Å². The van der Waals surface area contributed by atoms with Gasteiger partial charge in [0.1, 0.15) is 12.4 Å². The largest absolute Gasteiger partial charge is 0.319 e. The summed E-state index contributed by atoms with van der Waals surface area (Å²) in [4.78, 5) is 29.0. The van der Waals surface area contributed by atoms with Gasteiger partial charge in [-0.25, -0.2) is 4.98 Å². The van der Waals surface area contributed by atoms with Crippen molar-refractivity contribution >= 4 is 33.6 Å². The van der Waals surface area contributed by atoms with Crippen molar-refractivity contribution in [1.29, 1.82) is 0 Å². The number of hydrogen-bond acceptors (Lipinski definition) is 3.